The molecule has 3 aliphatic rings. The second kappa shape index (κ2) is 18.7. The van der Waals surface area contributed by atoms with Crippen molar-refractivity contribution in [2.45, 2.75) is 186 Å². The summed E-state index contributed by atoms with van der Waals surface area (Å²) >= 11 is 0. The fraction of sp³-hybridized carbons (Fsp3) is 0.972. The van der Waals surface area contributed by atoms with Crippen LogP contribution in [0.2, 0.25) is 0 Å². The number of unbranched alkanes of at least 4 members (excludes halogenated alkanes) is 8. The van der Waals surface area contributed by atoms with Gasteiger partial charge in [0, 0.05) is 0 Å². The molecule has 0 amide bonds. The van der Waals surface area contributed by atoms with Gasteiger partial charge in [-0.1, -0.05) is 129 Å². The SMILES string of the molecule is CCCCCCCC1CCC(C2CCC(CC[C@H]3CC[C@H](CCCCCCC)CC3)(OC(=O)OC)CC2)CC1. The molecule has 0 aromatic carbocycles. The largest absolute Gasteiger partial charge is 0.508 e. The molecule has 0 aromatic heterocycles. The molecule has 3 fully saturated rings. The molecule has 228 valence electrons. The lowest BCUT2D eigenvalue weighted by atomic mass is 9.66. The van der Waals surface area contributed by atoms with Crippen LogP contribution in [0.25, 0.3) is 0 Å². The van der Waals surface area contributed by atoms with E-state index in [4.69, 9.17) is 9.47 Å². The molecule has 0 aliphatic heterocycles. The van der Waals surface area contributed by atoms with Gasteiger partial charge in [-0.05, 0) is 81.0 Å². The molecule has 0 heterocycles. The van der Waals surface area contributed by atoms with E-state index in [2.05, 4.69) is 13.8 Å². The summed E-state index contributed by atoms with van der Waals surface area (Å²) in [5, 5.41) is 0. The molecule has 0 aromatic rings. The number of carbonyl (C=O) groups is 1. The van der Waals surface area contributed by atoms with Crippen LogP contribution in [0.5, 0.6) is 0 Å². The molecule has 3 rings (SSSR count). The van der Waals surface area contributed by atoms with Crippen LogP contribution in [-0.2, 0) is 9.47 Å². The van der Waals surface area contributed by atoms with Gasteiger partial charge < -0.3 is 9.47 Å². The monoisotopic (exact) mass is 547 g/mol. The fourth-order valence-electron chi connectivity index (χ4n) is 8.56. The second-order valence-electron chi connectivity index (χ2n) is 14.2. The highest BCUT2D eigenvalue weighted by atomic mass is 16.7. The number of hydrogen-bond acceptors (Lipinski definition) is 3. The topological polar surface area (TPSA) is 35.5 Å². The highest BCUT2D eigenvalue weighted by Gasteiger charge is 2.42. The molecule has 0 radical (unpaired) electrons. The number of methoxy groups -OCH3 is 1. The van der Waals surface area contributed by atoms with E-state index in [1.807, 2.05) is 0 Å². The minimum absolute atomic E-state index is 0.268. The van der Waals surface area contributed by atoms with Gasteiger partial charge in [-0.25, -0.2) is 4.79 Å². The molecule has 3 aliphatic carbocycles. The maximum atomic E-state index is 12.3. The zero-order valence-corrected chi connectivity index (χ0v) is 26.5. The van der Waals surface area contributed by atoms with Crippen molar-refractivity contribution >= 4 is 6.16 Å². The smallest absolute Gasteiger partial charge is 0.438 e. The van der Waals surface area contributed by atoms with Crippen molar-refractivity contribution < 1.29 is 14.3 Å². The first-order valence-corrected chi connectivity index (χ1v) is 17.8. The lowest BCUT2D eigenvalue weighted by molar-refractivity contribution is -0.0701. The van der Waals surface area contributed by atoms with E-state index in [1.165, 1.54) is 155 Å². The van der Waals surface area contributed by atoms with Crippen molar-refractivity contribution in [3.05, 3.63) is 0 Å². The van der Waals surface area contributed by atoms with Gasteiger partial charge in [0.25, 0.3) is 0 Å². The Morgan fingerprint density at radius 1 is 0.590 bits per heavy atom. The van der Waals surface area contributed by atoms with E-state index in [-0.39, 0.29) is 5.60 Å². The normalized spacial score (nSPS) is 31.6. The Kier molecular flexibility index (Phi) is 15.7. The van der Waals surface area contributed by atoms with Gasteiger partial charge in [0.1, 0.15) is 5.60 Å². The van der Waals surface area contributed by atoms with Crippen LogP contribution in [0.3, 0.4) is 0 Å². The molecular formula is C36H66O3. The first kappa shape index (κ1) is 32.8. The molecule has 0 N–H and O–H groups in total. The van der Waals surface area contributed by atoms with Crippen molar-refractivity contribution in [3.8, 4) is 0 Å². The summed E-state index contributed by atoms with van der Waals surface area (Å²) in [5.41, 5.74) is -0.268. The maximum absolute atomic E-state index is 12.3. The Morgan fingerprint density at radius 2 is 1.03 bits per heavy atom. The van der Waals surface area contributed by atoms with E-state index in [1.54, 1.807) is 0 Å². The van der Waals surface area contributed by atoms with Crippen molar-refractivity contribution in [2.24, 2.45) is 29.6 Å². The third-order valence-electron chi connectivity index (χ3n) is 11.4. The third kappa shape index (κ3) is 12.0. The van der Waals surface area contributed by atoms with Crippen molar-refractivity contribution in [1.82, 2.24) is 0 Å². The van der Waals surface area contributed by atoms with Gasteiger partial charge >= 0.3 is 6.16 Å². The maximum Gasteiger partial charge on any atom is 0.508 e. The lowest BCUT2D eigenvalue weighted by Crippen LogP contribution is -2.41. The van der Waals surface area contributed by atoms with Crippen molar-refractivity contribution in [1.29, 1.82) is 0 Å². The van der Waals surface area contributed by atoms with Crippen LogP contribution < -0.4 is 0 Å². The number of rotatable bonds is 17. The zero-order valence-electron chi connectivity index (χ0n) is 26.5. The van der Waals surface area contributed by atoms with E-state index < -0.39 is 6.16 Å². The highest BCUT2D eigenvalue weighted by molar-refractivity contribution is 5.60. The molecule has 3 heteroatoms. The zero-order chi connectivity index (χ0) is 27.8. The van der Waals surface area contributed by atoms with E-state index in [9.17, 15) is 4.79 Å². The van der Waals surface area contributed by atoms with Crippen molar-refractivity contribution in [3.63, 3.8) is 0 Å². The van der Waals surface area contributed by atoms with E-state index in [0.717, 1.165) is 48.9 Å². The Hall–Kier alpha value is -0.730. The van der Waals surface area contributed by atoms with Crippen molar-refractivity contribution in [2.75, 3.05) is 7.11 Å². The number of ether oxygens (including phenoxy) is 2. The summed E-state index contributed by atoms with van der Waals surface area (Å²) in [4.78, 5) is 12.3. The number of hydrogen-bond donors (Lipinski definition) is 0. The van der Waals surface area contributed by atoms with Gasteiger partial charge in [-0.2, -0.15) is 0 Å². The van der Waals surface area contributed by atoms with Gasteiger partial charge in [0.15, 0.2) is 0 Å². The molecule has 3 saturated carbocycles. The molecular weight excluding hydrogens is 480 g/mol. The molecule has 39 heavy (non-hydrogen) atoms. The molecule has 0 saturated heterocycles. The first-order chi connectivity index (χ1) is 19.1. The van der Waals surface area contributed by atoms with Crippen LogP contribution in [0.1, 0.15) is 181 Å². The van der Waals surface area contributed by atoms with E-state index in [0.29, 0.717) is 0 Å². The van der Waals surface area contributed by atoms with Crippen LogP contribution in [0.15, 0.2) is 0 Å². The Bertz CT molecular complexity index is 621. The summed E-state index contributed by atoms with van der Waals surface area (Å²) in [7, 11) is 1.47. The molecule has 0 spiro atoms. The van der Waals surface area contributed by atoms with Crippen LogP contribution in [-0.4, -0.2) is 18.9 Å². The summed E-state index contributed by atoms with van der Waals surface area (Å²) in [5.74, 6) is 4.54. The highest BCUT2D eigenvalue weighted by Crippen LogP contribution is 2.47. The van der Waals surface area contributed by atoms with Gasteiger partial charge in [-0.15, -0.1) is 0 Å². The van der Waals surface area contributed by atoms with Gasteiger partial charge in [0.05, 0.1) is 7.11 Å². The van der Waals surface area contributed by atoms with Crippen LogP contribution >= 0.6 is 0 Å². The fourth-order valence-corrected chi connectivity index (χ4v) is 8.56. The molecule has 0 atom stereocenters. The average molecular weight is 547 g/mol. The van der Waals surface area contributed by atoms with Crippen LogP contribution in [0.4, 0.5) is 4.79 Å². The number of carbonyl (C=O) groups excluding carboxylic acids is 1. The standard InChI is InChI=1S/C36H66O3/c1-4-6-8-10-12-14-30-16-18-32(19-17-30)24-27-36(39-35(37)38-3)28-25-34(26-29-36)33-22-20-31(21-23-33)15-13-11-9-7-5-2/h30-34H,4-29H2,1-3H3/t30-,31?,32-,33?,34?,36?. The Morgan fingerprint density at radius 3 is 1.51 bits per heavy atom. The Labute approximate surface area is 243 Å². The average Bonchev–Trinajstić information content (AvgIpc) is 2.97. The quantitative estimate of drug-likeness (QED) is 0.134. The second-order valence-corrected chi connectivity index (χ2v) is 14.2. The summed E-state index contributed by atoms with van der Waals surface area (Å²) in [6, 6.07) is 0. The molecule has 0 unspecified atom stereocenters. The summed E-state index contributed by atoms with van der Waals surface area (Å²) < 4.78 is 11.1. The van der Waals surface area contributed by atoms with Gasteiger partial charge in [0.2, 0.25) is 0 Å². The summed E-state index contributed by atoms with van der Waals surface area (Å²) in [6.45, 7) is 4.61. The minimum atomic E-state index is -0.459. The van der Waals surface area contributed by atoms with E-state index >= 15 is 0 Å². The molecule has 3 nitrogen and oxygen atoms in total. The Balaban J connectivity index is 1.36. The first-order valence-electron chi connectivity index (χ1n) is 17.8. The van der Waals surface area contributed by atoms with Gasteiger partial charge in [-0.3, -0.25) is 0 Å². The lowest BCUT2D eigenvalue weighted by Gasteiger charge is -2.43. The minimum Gasteiger partial charge on any atom is -0.438 e. The van der Waals surface area contributed by atoms with Crippen LogP contribution in [0, 0.1) is 29.6 Å². The molecule has 0 bridgehead atoms. The predicted molar refractivity (Wildman–Crippen MR) is 165 cm³/mol. The third-order valence-corrected chi connectivity index (χ3v) is 11.4. The predicted octanol–water partition coefficient (Wildman–Crippen LogP) is 11.8. The summed E-state index contributed by atoms with van der Waals surface area (Å²) in [6.07, 6.45) is 34.9.